The van der Waals surface area contributed by atoms with Gasteiger partial charge in [0.25, 0.3) is 0 Å². The fraction of sp³-hybridized carbons (Fsp3) is 0.0909. The van der Waals surface area contributed by atoms with Crippen molar-refractivity contribution in [2.45, 2.75) is 0 Å². The molecule has 0 radical (unpaired) electrons. The maximum atomic E-state index is 11.3. The van der Waals surface area contributed by atoms with E-state index in [0.29, 0.717) is 0 Å². The number of rotatable bonds is 4. The van der Waals surface area contributed by atoms with Gasteiger partial charge in [0.15, 0.2) is 0 Å². The van der Waals surface area contributed by atoms with E-state index >= 15 is 0 Å². The number of benzene rings is 1. The van der Waals surface area contributed by atoms with Gasteiger partial charge in [-0.25, -0.2) is 9.59 Å². The third-order valence-corrected chi connectivity index (χ3v) is 1.64. The van der Waals surface area contributed by atoms with E-state index in [1.807, 2.05) is 0 Å². The van der Waals surface area contributed by atoms with Crippen LogP contribution in [0.15, 0.2) is 36.9 Å². The largest absolute Gasteiger partial charge is 0.513 e. The Morgan fingerprint density at radius 1 is 1.38 bits per heavy atom. The Kier molecular flexibility index (Phi) is 4.08. The van der Waals surface area contributed by atoms with Gasteiger partial charge < -0.3 is 14.6 Å². The third kappa shape index (κ3) is 3.13. The van der Waals surface area contributed by atoms with Crippen LogP contribution in [0.4, 0.5) is 4.79 Å². The van der Waals surface area contributed by atoms with Crippen molar-refractivity contribution in [1.82, 2.24) is 0 Å². The van der Waals surface area contributed by atoms with E-state index in [0.717, 1.165) is 0 Å². The molecule has 0 aliphatic carbocycles. The van der Waals surface area contributed by atoms with Crippen molar-refractivity contribution in [1.29, 1.82) is 0 Å². The highest BCUT2D eigenvalue weighted by Crippen LogP contribution is 2.18. The van der Waals surface area contributed by atoms with Gasteiger partial charge in [-0.05, 0) is 12.1 Å². The number of carbonyl (C=O) groups excluding carboxylic acids is 1. The summed E-state index contributed by atoms with van der Waals surface area (Å²) in [5.74, 6) is -0.708. The zero-order valence-corrected chi connectivity index (χ0v) is 8.38. The second-order valence-electron chi connectivity index (χ2n) is 2.75. The van der Waals surface area contributed by atoms with E-state index in [1.165, 1.54) is 12.1 Å². The summed E-state index contributed by atoms with van der Waals surface area (Å²) in [7, 11) is 0. The second kappa shape index (κ2) is 5.55. The molecule has 0 saturated carbocycles. The molecule has 1 aromatic carbocycles. The SMILES string of the molecule is C=CCOc1ccccc1C(=O)OC(=O)O. The number of carboxylic acid groups (broad SMARTS) is 1. The number of ether oxygens (including phenoxy) is 2. The summed E-state index contributed by atoms with van der Waals surface area (Å²) in [5, 5.41) is 8.31. The molecule has 1 N–H and O–H groups in total. The molecule has 0 amide bonds. The summed E-state index contributed by atoms with van der Waals surface area (Å²) in [6.45, 7) is 3.68. The van der Waals surface area contributed by atoms with Crippen LogP contribution >= 0.6 is 0 Å². The van der Waals surface area contributed by atoms with Crippen LogP contribution in [0.3, 0.4) is 0 Å². The Hall–Kier alpha value is -2.30. The highest BCUT2D eigenvalue weighted by molar-refractivity contribution is 5.97. The molecule has 0 aliphatic heterocycles. The summed E-state index contributed by atoms with van der Waals surface area (Å²) >= 11 is 0. The third-order valence-electron chi connectivity index (χ3n) is 1.64. The zero-order valence-electron chi connectivity index (χ0n) is 8.38. The molecule has 0 aliphatic rings. The smallest absolute Gasteiger partial charge is 0.489 e. The van der Waals surface area contributed by atoms with Crippen molar-refractivity contribution in [2.75, 3.05) is 6.61 Å². The number of para-hydroxylation sites is 1. The first-order valence-electron chi connectivity index (χ1n) is 4.43. The number of hydrogen-bond donors (Lipinski definition) is 1. The van der Waals surface area contributed by atoms with E-state index in [1.54, 1.807) is 18.2 Å². The fourth-order valence-electron chi connectivity index (χ4n) is 1.04. The summed E-state index contributed by atoms with van der Waals surface area (Å²) < 4.78 is 9.21. The highest BCUT2D eigenvalue weighted by atomic mass is 16.7. The van der Waals surface area contributed by atoms with Crippen molar-refractivity contribution in [3.05, 3.63) is 42.5 Å². The van der Waals surface area contributed by atoms with Crippen LogP contribution in [0, 0.1) is 0 Å². The lowest BCUT2D eigenvalue weighted by Gasteiger charge is -2.07. The molecule has 0 bridgehead atoms. The monoisotopic (exact) mass is 222 g/mol. The first-order valence-corrected chi connectivity index (χ1v) is 4.43. The van der Waals surface area contributed by atoms with E-state index in [-0.39, 0.29) is 17.9 Å². The molecule has 1 rings (SSSR count). The highest BCUT2D eigenvalue weighted by Gasteiger charge is 2.16. The predicted molar refractivity (Wildman–Crippen MR) is 55.6 cm³/mol. The Morgan fingerprint density at radius 3 is 2.69 bits per heavy atom. The molecule has 1 aromatic rings. The van der Waals surface area contributed by atoms with Crippen LogP contribution in [0.2, 0.25) is 0 Å². The van der Waals surface area contributed by atoms with Gasteiger partial charge in [0.2, 0.25) is 0 Å². The molecule has 16 heavy (non-hydrogen) atoms. The number of hydrogen-bond acceptors (Lipinski definition) is 4. The molecule has 0 unspecified atom stereocenters. The van der Waals surface area contributed by atoms with E-state index in [2.05, 4.69) is 11.3 Å². The summed E-state index contributed by atoms with van der Waals surface area (Å²) in [4.78, 5) is 21.5. The van der Waals surface area contributed by atoms with Crippen molar-refractivity contribution in [3.8, 4) is 5.75 Å². The lowest BCUT2D eigenvalue weighted by molar-refractivity contribution is 0.0506. The molecule has 84 valence electrons. The molecule has 0 aromatic heterocycles. The topological polar surface area (TPSA) is 72.8 Å². The van der Waals surface area contributed by atoms with Crippen LogP contribution in [-0.2, 0) is 4.74 Å². The Morgan fingerprint density at radius 2 is 2.06 bits per heavy atom. The van der Waals surface area contributed by atoms with Crippen LogP contribution in [0.5, 0.6) is 5.75 Å². The average molecular weight is 222 g/mol. The second-order valence-corrected chi connectivity index (χ2v) is 2.75. The minimum atomic E-state index is -1.65. The van der Waals surface area contributed by atoms with Gasteiger partial charge in [0.1, 0.15) is 17.9 Å². The minimum absolute atomic E-state index is 0.0618. The fourth-order valence-corrected chi connectivity index (χ4v) is 1.04. The molecule has 0 heterocycles. The zero-order chi connectivity index (χ0) is 12.0. The first-order chi connectivity index (χ1) is 7.65. The van der Waals surface area contributed by atoms with Crippen LogP contribution in [-0.4, -0.2) is 23.8 Å². The van der Waals surface area contributed by atoms with Gasteiger partial charge in [-0.1, -0.05) is 24.8 Å². The summed E-state index contributed by atoms with van der Waals surface area (Å²) in [6, 6.07) is 6.21. The molecule has 0 atom stereocenters. The lowest BCUT2D eigenvalue weighted by Crippen LogP contribution is -2.11. The summed E-state index contributed by atoms with van der Waals surface area (Å²) in [5.41, 5.74) is 0.0618. The molecule has 0 saturated heterocycles. The van der Waals surface area contributed by atoms with Crippen molar-refractivity contribution >= 4 is 12.1 Å². The van der Waals surface area contributed by atoms with Gasteiger partial charge in [0.05, 0.1) is 0 Å². The molecular weight excluding hydrogens is 212 g/mol. The Balaban J connectivity index is 2.89. The van der Waals surface area contributed by atoms with Crippen molar-refractivity contribution in [2.24, 2.45) is 0 Å². The van der Waals surface area contributed by atoms with Gasteiger partial charge in [-0.2, -0.15) is 0 Å². The average Bonchev–Trinajstić information content (AvgIpc) is 2.25. The van der Waals surface area contributed by atoms with Crippen molar-refractivity contribution < 1.29 is 24.2 Å². The van der Waals surface area contributed by atoms with Gasteiger partial charge in [0, 0.05) is 0 Å². The van der Waals surface area contributed by atoms with Gasteiger partial charge in [-0.3, -0.25) is 0 Å². The quantitative estimate of drug-likeness (QED) is 0.479. The standard InChI is InChI=1S/C11H10O5/c1-2-7-15-9-6-4-3-5-8(9)10(12)16-11(13)14/h2-6H,1,7H2,(H,13,14). The van der Waals surface area contributed by atoms with E-state index in [4.69, 9.17) is 9.84 Å². The van der Waals surface area contributed by atoms with Crippen LogP contribution in [0.1, 0.15) is 10.4 Å². The molecule has 0 fully saturated rings. The predicted octanol–water partition coefficient (Wildman–Crippen LogP) is 2.09. The minimum Gasteiger partial charge on any atom is -0.489 e. The Bertz CT molecular complexity index is 411. The lowest BCUT2D eigenvalue weighted by atomic mass is 10.2. The Labute approximate surface area is 91.9 Å². The molecule has 0 spiro atoms. The van der Waals surface area contributed by atoms with Crippen molar-refractivity contribution in [3.63, 3.8) is 0 Å². The summed E-state index contributed by atoms with van der Waals surface area (Å²) in [6.07, 6.45) is -0.136. The molecule has 5 heteroatoms. The van der Waals surface area contributed by atoms with Gasteiger partial charge >= 0.3 is 12.1 Å². The van der Waals surface area contributed by atoms with Gasteiger partial charge in [-0.15, -0.1) is 0 Å². The molecule has 5 nitrogen and oxygen atoms in total. The normalized spacial score (nSPS) is 9.25. The molecular formula is C11H10O5. The maximum absolute atomic E-state index is 11.3. The maximum Gasteiger partial charge on any atom is 0.513 e. The van der Waals surface area contributed by atoms with Crippen LogP contribution < -0.4 is 4.74 Å². The van der Waals surface area contributed by atoms with E-state index < -0.39 is 12.1 Å². The van der Waals surface area contributed by atoms with Crippen LogP contribution in [0.25, 0.3) is 0 Å². The first kappa shape index (κ1) is 11.8. The van der Waals surface area contributed by atoms with E-state index in [9.17, 15) is 9.59 Å². The number of carbonyl (C=O) groups is 2. The number of esters is 1.